The molecular formula is C21H27F5O3. The summed E-state index contributed by atoms with van der Waals surface area (Å²) in [6, 6.07) is 0. The van der Waals surface area contributed by atoms with Crippen molar-refractivity contribution in [2.45, 2.75) is 82.9 Å². The molecular weight excluding hydrogens is 395 g/mol. The second-order valence-electron chi connectivity index (χ2n) is 10.0. The number of aliphatic hydroxyl groups is 2. The molecule has 6 atom stereocenters. The van der Waals surface area contributed by atoms with Gasteiger partial charge in [-0.3, -0.25) is 4.79 Å². The van der Waals surface area contributed by atoms with Crippen molar-refractivity contribution >= 4 is 5.78 Å². The molecule has 2 N–H and O–H groups in total. The predicted molar refractivity (Wildman–Crippen MR) is 94.2 cm³/mol. The van der Waals surface area contributed by atoms with Crippen LogP contribution in [0.3, 0.4) is 0 Å². The summed E-state index contributed by atoms with van der Waals surface area (Å²) in [5, 5.41) is 21.1. The molecule has 0 aromatic rings. The summed E-state index contributed by atoms with van der Waals surface area (Å²) in [4.78, 5) is 11.9. The van der Waals surface area contributed by atoms with E-state index >= 15 is 0 Å². The van der Waals surface area contributed by atoms with Gasteiger partial charge < -0.3 is 10.2 Å². The number of fused-ring (bicyclic) bond motifs is 5. The molecule has 0 aliphatic heterocycles. The highest BCUT2D eigenvalue weighted by molar-refractivity contribution is 5.95. The molecule has 0 amide bonds. The van der Waals surface area contributed by atoms with E-state index in [1.807, 2.05) is 6.92 Å². The minimum Gasteiger partial charge on any atom is -0.504 e. The Hall–Kier alpha value is -1.18. The lowest BCUT2D eigenvalue weighted by Gasteiger charge is -2.59. The fourth-order valence-electron chi connectivity index (χ4n) is 7.45. The van der Waals surface area contributed by atoms with Crippen LogP contribution in [-0.4, -0.2) is 33.7 Å². The summed E-state index contributed by atoms with van der Waals surface area (Å²) in [5.41, 5.74) is -4.38. The Balaban J connectivity index is 1.72. The standard InChI is InChI=1S/C21H27F5O3/c1-17-8-7-15(27)16(28)14(17)4-3-11-12(17)5-9-18(2)13(11)6-10-19(18,29)20(22,23)21(24,25)26/h11-13,28-29H,3-10H2,1-2H3/t11-,12+,13+,17-,18+,19+/m1/s1. The Morgan fingerprint density at radius 3 is 2.17 bits per heavy atom. The topological polar surface area (TPSA) is 57.5 Å². The Bertz CT molecular complexity index is 775. The second-order valence-corrected chi connectivity index (χ2v) is 10.0. The minimum atomic E-state index is -5.81. The number of aliphatic hydroxyl groups excluding tert-OH is 1. The normalized spacial score (nSPS) is 45.7. The summed E-state index contributed by atoms with van der Waals surface area (Å²) >= 11 is 0. The average Bonchev–Trinajstić information content (AvgIpc) is 2.90. The maximum Gasteiger partial charge on any atom is 0.456 e. The van der Waals surface area contributed by atoms with Crippen LogP contribution < -0.4 is 0 Å². The quantitative estimate of drug-likeness (QED) is 0.562. The van der Waals surface area contributed by atoms with E-state index in [9.17, 15) is 37.0 Å². The number of halogens is 5. The molecule has 4 aliphatic carbocycles. The Labute approximate surface area is 166 Å². The van der Waals surface area contributed by atoms with Crippen molar-refractivity contribution in [1.29, 1.82) is 0 Å². The van der Waals surface area contributed by atoms with Gasteiger partial charge in [0.2, 0.25) is 0 Å². The molecule has 0 heterocycles. The highest BCUT2D eigenvalue weighted by atomic mass is 19.4. The van der Waals surface area contributed by atoms with Crippen LogP contribution in [0.5, 0.6) is 0 Å². The second kappa shape index (κ2) is 5.95. The molecule has 29 heavy (non-hydrogen) atoms. The number of carbonyl (C=O) groups excluding carboxylic acids is 1. The molecule has 0 unspecified atom stereocenters. The molecule has 4 rings (SSSR count). The zero-order chi connectivity index (χ0) is 21.6. The van der Waals surface area contributed by atoms with Crippen LogP contribution in [0.25, 0.3) is 0 Å². The zero-order valence-electron chi connectivity index (χ0n) is 16.6. The smallest absolute Gasteiger partial charge is 0.456 e. The summed E-state index contributed by atoms with van der Waals surface area (Å²) in [6.45, 7) is 3.38. The van der Waals surface area contributed by atoms with Gasteiger partial charge in [0.15, 0.2) is 11.5 Å². The van der Waals surface area contributed by atoms with Gasteiger partial charge in [-0.25, -0.2) is 0 Å². The van der Waals surface area contributed by atoms with Crippen molar-refractivity contribution in [3.05, 3.63) is 11.3 Å². The third kappa shape index (κ3) is 2.41. The molecule has 0 spiro atoms. The zero-order valence-corrected chi connectivity index (χ0v) is 16.6. The van der Waals surface area contributed by atoms with Crippen molar-refractivity contribution in [3.63, 3.8) is 0 Å². The average molecular weight is 422 g/mol. The van der Waals surface area contributed by atoms with Gasteiger partial charge >= 0.3 is 12.1 Å². The number of allylic oxidation sites excluding steroid dienone is 1. The van der Waals surface area contributed by atoms with E-state index in [2.05, 4.69) is 0 Å². The van der Waals surface area contributed by atoms with E-state index in [0.29, 0.717) is 31.3 Å². The molecule has 4 aliphatic rings. The van der Waals surface area contributed by atoms with Gasteiger partial charge in [-0.15, -0.1) is 0 Å². The molecule has 3 saturated carbocycles. The van der Waals surface area contributed by atoms with E-state index in [1.54, 1.807) is 0 Å². The van der Waals surface area contributed by atoms with E-state index in [1.165, 1.54) is 6.92 Å². The van der Waals surface area contributed by atoms with E-state index < -0.39 is 40.9 Å². The maximum atomic E-state index is 14.4. The van der Waals surface area contributed by atoms with E-state index in [-0.39, 0.29) is 42.6 Å². The fourth-order valence-corrected chi connectivity index (χ4v) is 7.45. The Morgan fingerprint density at radius 2 is 1.55 bits per heavy atom. The summed E-state index contributed by atoms with van der Waals surface area (Å²) < 4.78 is 68.4. The van der Waals surface area contributed by atoms with Crippen LogP contribution in [0, 0.1) is 28.6 Å². The van der Waals surface area contributed by atoms with Gasteiger partial charge in [0, 0.05) is 11.8 Å². The maximum absolute atomic E-state index is 14.4. The first kappa shape index (κ1) is 21.1. The van der Waals surface area contributed by atoms with Gasteiger partial charge in [0.05, 0.1) is 0 Å². The van der Waals surface area contributed by atoms with Crippen molar-refractivity contribution in [1.82, 2.24) is 0 Å². The molecule has 8 heteroatoms. The van der Waals surface area contributed by atoms with Crippen molar-refractivity contribution in [2.75, 3.05) is 0 Å². The largest absolute Gasteiger partial charge is 0.504 e. The van der Waals surface area contributed by atoms with Crippen molar-refractivity contribution in [2.24, 2.45) is 28.6 Å². The van der Waals surface area contributed by atoms with Crippen LogP contribution in [-0.2, 0) is 4.79 Å². The van der Waals surface area contributed by atoms with Crippen molar-refractivity contribution in [3.8, 4) is 0 Å². The Morgan fingerprint density at radius 1 is 0.931 bits per heavy atom. The summed E-state index contributed by atoms with van der Waals surface area (Å²) in [6.07, 6.45) is -4.05. The number of alkyl halides is 5. The van der Waals surface area contributed by atoms with Crippen LogP contribution in [0.4, 0.5) is 22.0 Å². The van der Waals surface area contributed by atoms with Gasteiger partial charge in [0.25, 0.3) is 0 Å². The highest BCUT2D eigenvalue weighted by Crippen LogP contribution is 2.71. The third-order valence-electron chi connectivity index (χ3n) is 9.12. The summed E-state index contributed by atoms with van der Waals surface area (Å²) in [5.74, 6) is -6.19. The highest BCUT2D eigenvalue weighted by Gasteiger charge is 2.79. The first-order valence-electron chi connectivity index (χ1n) is 10.3. The van der Waals surface area contributed by atoms with Gasteiger partial charge in [-0.1, -0.05) is 13.8 Å². The number of hydrogen-bond donors (Lipinski definition) is 2. The van der Waals surface area contributed by atoms with Gasteiger partial charge in [0.1, 0.15) is 5.60 Å². The minimum absolute atomic E-state index is 0.00133. The van der Waals surface area contributed by atoms with Crippen LogP contribution >= 0.6 is 0 Å². The first-order chi connectivity index (χ1) is 13.2. The fraction of sp³-hybridized carbons (Fsp3) is 0.857. The number of rotatable bonds is 1. The number of Topliss-reactive ketones (excluding diaryl/α,β-unsaturated/α-hetero) is 1. The van der Waals surface area contributed by atoms with Crippen LogP contribution in [0.15, 0.2) is 11.3 Å². The van der Waals surface area contributed by atoms with E-state index in [4.69, 9.17) is 0 Å². The monoisotopic (exact) mass is 422 g/mol. The molecule has 0 aromatic heterocycles. The molecule has 0 saturated heterocycles. The molecule has 0 aromatic carbocycles. The van der Waals surface area contributed by atoms with Crippen molar-refractivity contribution < 1.29 is 37.0 Å². The number of ketones is 1. The molecule has 0 bridgehead atoms. The van der Waals surface area contributed by atoms with E-state index in [0.717, 1.165) is 0 Å². The molecule has 0 radical (unpaired) electrons. The lowest BCUT2D eigenvalue weighted by atomic mass is 9.46. The number of carbonyl (C=O) groups is 1. The lowest BCUT2D eigenvalue weighted by Crippen LogP contribution is -2.65. The third-order valence-corrected chi connectivity index (χ3v) is 9.12. The first-order valence-corrected chi connectivity index (χ1v) is 10.3. The summed E-state index contributed by atoms with van der Waals surface area (Å²) in [7, 11) is 0. The lowest BCUT2D eigenvalue weighted by molar-refractivity contribution is -0.363. The molecule has 164 valence electrons. The Kier molecular flexibility index (Phi) is 4.32. The predicted octanol–water partition coefficient (Wildman–Crippen LogP) is 5.33. The molecule has 3 nitrogen and oxygen atoms in total. The van der Waals surface area contributed by atoms with Crippen LogP contribution in [0.1, 0.15) is 65.2 Å². The molecule has 3 fully saturated rings. The number of hydrogen-bond acceptors (Lipinski definition) is 3. The van der Waals surface area contributed by atoms with Gasteiger partial charge in [-0.2, -0.15) is 22.0 Å². The van der Waals surface area contributed by atoms with Crippen LogP contribution in [0.2, 0.25) is 0 Å². The van der Waals surface area contributed by atoms with Gasteiger partial charge in [-0.05, 0) is 73.7 Å². The SMILES string of the molecule is C[C@]12CCC(=O)C(O)=C1CC[C@@H]1[C@@H]2CC[C@@]2(C)[C@H]1CC[C@@]2(O)C(F)(F)C(F)(F)F.